The predicted molar refractivity (Wildman–Crippen MR) is 69.2 cm³/mol. The van der Waals surface area contributed by atoms with E-state index in [9.17, 15) is 9.18 Å². The summed E-state index contributed by atoms with van der Waals surface area (Å²) in [7, 11) is 0. The standard InChI is InChI=1S/C14H20FNO2/c1-4-10(3)16(5-2)9-12-8-11(14(17)18)6-7-13(12)15/h6-8,10H,4-5,9H2,1-3H3,(H,17,18). The normalized spacial score (nSPS) is 12.7. The van der Waals surface area contributed by atoms with Gasteiger partial charge in [-0.2, -0.15) is 0 Å². The average Bonchev–Trinajstić information content (AvgIpc) is 2.36. The van der Waals surface area contributed by atoms with E-state index in [0.29, 0.717) is 18.2 Å². The van der Waals surface area contributed by atoms with Crippen molar-refractivity contribution in [3.63, 3.8) is 0 Å². The Hall–Kier alpha value is -1.42. The Morgan fingerprint density at radius 2 is 2.11 bits per heavy atom. The fourth-order valence-corrected chi connectivity index (χ4v) is 1.89. The molecule has 3 nitrogen and oxygen atoms in total. The highest BCUT2D eigenvalue weighted by Crippen LogP contribution is 2.15. The minimum Gasteiger partial charge on any atom is -0.478 e. The van der Waals surface area contributed by atoms with E-state index in [4.69, 9.17) is 5.11 Å². The smallest absolute Gasteiger partial charge is 0.335 e. The molecule has 0 heterocycles. The summed E-state index contributed by atoms with van der Waals surface area (Å²) in [5.41, 5.74) is 0.573. The highest BCUT2D eigenvalue weighted by atomic mass is 19.1. The summed E-state index contributed by atoms with van der Waals surface area (Å²) in [4.78, 5) is 13.0. The molecule has 18 heavy (non-hydrogen) atoms. The van der Waals surface area contributed by atoms with Gasteiger partial charge in [0.25, 0.3) is 0 Å². The summed E-state index contributed by atoms with van der Waals surface area (Å²) in [6, 6.07) is 4.29. The third kappa shape index (κ3) is 3.53. The van der Waals surface area contributed by atoms with Gasteiger partial charge in [-0.15, -0.1) is 0 Å². The Bertz CT molecular complexity index is 420. The van der Waals surface area contributed by atoms with E-state index in [-0.39, 0.29) is 11.4 Å². The number of carbonyl (C=O) groups is 1. The van der Waals surface area contributed by atoms with Crippen LogP contribution in [-0.4, -0.2) is 28.6 Å². The summed E-state index contributed by atoms with van der Waals surface area (Å²) < 4.78 is 13.7. The maximum atomic E-state index is 13.7. The number of nitrogens with zero attached hydrogens (tertiary/aromatic N) is 1. The molecule has 0 aliphatic heterocycles. The molecule has 1 atom stereocenters. The van der Waals surface area contributed by atoms with Crippen LogP contribution in [0.15, 0.2) is 18.2 Å². The van der Waals surface area contributed by atoms with Crippen LogP contribution < -0.4 is 0 Å². The molecular weight excluding hydrogens is 233 g/mol. The number of halogens is 1. The quantitative estimate of drug-likeness (QED) is 0.846. The molecule has 0 saturated heterocycles. The van der Waals surface area contributed by atoms with Crippen molar-refractivity contribution in [3.05, 3.63) is 35.1 Å². The second-order valence-electron chi connectivity index (χ2n) is 4.43. The molecule has 0 spiro atoms. The van der Waals surface area contributed by atoms with Crippen molar-refractivity contribution in [3.8, 4) is 0 Å². The van der Waals surface area contributed by atoms with Gasteiger partial charge in [0.15, 0.2) is 0 Å². The molecule has 0 aliphatic rings. The fourth-order valence-electron chi connectivity index (χ4n) is 1.89. The maximum absolute atomic E-state index is 13.7. The monoisotopic (exact) mass is 253 g/mol. The third-order valence-electron chi connectivity index (χ3n) is 3.29. The first-order valence-electron chi connectivity index (χ1n) is 6.25. The molecule has 0 aliphatic carbocycles. The van der Waals surface area contributed by atoms with Gasteiger partial charge in [-0.05, 0) is 38.1 Å². The lowest BCUT2D eigenvalue weighted by molar-refractivity contribution is 0.0696. The molecule has 0 aromatic heterocycles. The first-order chi connectivity index (χ1) is 8.49. The Labute approximate surface area is 107 Å². The number of aromatic carboxylic acids is 1. The largest absolute Gasteiger partial charge is 0.478 e. The topological polar surface area (TPSA) is 40.5 Å². The summed E-state index contributed by atoms with van der Waals surface area (Å²) in [6.45, 7) is 7.44. The molecule has 0 fully saturated rings. The number of carboxylic acid groups (broad SMARTS) is 1. The van der Waals surface area contributed by atoms with Crippen LogP contribution in [0, 0.1) is 5.82 Å². The second-order valence-corrected chi connectivity index (χ2v) is 4.43. The fraction of sp³-hybridized carbons (Fsp3) is 0.500. The van der Waals surface area contributed by atoms with Crippen molar-refractivity contribution < 1.29 is 14.3 Å². The number of benzene rings is 1. The molecule has 1 rings (SSSR count). The zero-order valence-electron chi connectivity index (χ0n) is 11.1. The molecule has 1 unspecified atom stereocenters. The van der Waals surface area contributed by atoms with Crippen LogP contribution in [0.25, 0.3) is 0 Å². The molecule has 1 aromatic carbocycles. The number of rotatable bonds is 6. The zero-order valence-corrected chi connectivity index (χ0v) is 11.1. The van der Waals surface area contributed by atoms with Crippen LogP contribution in [-0.2, 0) is 6.54 Å². The van der Waals surface area contributed by atoms with Gasteiger partial charge in [-0.25, -0.2) is 9.18 Å². The van der Waals surface area contributed by atoms with Crippen LogP contribution in [0.5, 0.6) is 0 Å². The molecule has 1 aromatic rings. The van der Waals surface area contributed by atoms with Gasteiger partial charge in [-0.3, -0.25) is 4.90 Å². The lowest BCUT2D eigenvalue weighted by Gasteiger charge is -2.27. The zero-order chi connectivity index (χ0) is 13.7. The summed E-state index contributed by atoms with van der Waals surface area (Å²) >= 11 is 0. The molecule has 100 valence electrons. The minimum atomic E-state index is -1.03. The van der Waals surface area contributed by atoms with Crippen molar-refractivity contribution in [2.45, 2.75) is 39.8 Å². The molecule has 0 bridgehead atoms. The van der Waals surface area contributed by atoms with Gasteiger partial charge < -0.3 is 5.11 Å². The maximum Gasteiger partial charge on any atom is 0.335 e. The summed E-state index contributed by atoms with van der Waals surface area (Å²) in [6.07, 6.45) is 0.980. The van der Waals surface area contributed by atoms with E-state index in [1.54, 1.807) is 0 Å². The molecular formula is C14H20FNO2. The van der Waals surface area contributed by atoms with Crippen molar-refractivity contribution in [2.75, 3.05) is 6.54 Å². The lowest BCUT2D eigenvalue weighted by atomic mass is 10.1. The number of hydrogen-bond donors (Lipinski definition) is 1. The Kier molecular flexibility index (Phi) is 5.28. The summed E-state index contributed by atoms with van der Waals surface area (Å²) in [5.74, 6) is -1.37. The van der Waals surface area contributed by atoms with Crippen LogP contribution >= 0.6 is 0 Å². The van der Waals surface area contributed by atoms with E-state index >= 15 is 0 Å². The number of carboxylic acids is 1. The van der Waals surface area contributed by atoms with Crippen LogP contribution in [0.4, 0.5) is 4.39 Å². The van der Waals surface area contributed by atoms with E-state index < -0.39 is 5.97 Å². The van der Waals surface area contributed by atoms with Crippen LogP contribution in [0.1, 0.15) is 43.1 Å². The summed E-state index contributed by atoms with van der Waals surface area (Å²) in [5, 5.41) is 8.91. The van der Waals surface area contributed by atoms with Gasteiger partial charge in [0.05, 0.1) is 5.56 Å². The SMILES string of the molecule is CCC(C)N(CC)Cc1cc(C(=O)O)ccc1F. The van der Waals surface area contributed by atoms with Crippen molar-refractivity contribution >= 4 is 5.97 Å². The van der Waals surface area contributed by atoms with E-state index in [2.05, 4.69) is 18.7 Å². The van der Waals surface area contributed by atoms with Crippen molar-refractivity contribution in [1.82, 2.24) is 4.90 Å². The molecule has 0 saturated carbocycles. The lowest BCUT2D eigenvalue weighted by Crippen LogP contribution is -2.32. The van der Waals surface area contributed by atoms with E-state index in [1.165, 1.54) is 18.2 Å². The van der Waals surface area contributed by atoms with Gasteiger partial charge in [0, 0.05) is 18.2 Å². The first kappa shape index (κ1) is 14.6. The second kappa shape index (κ2) is 6.50. The predicted octanol–water partition coefficient (Wildman–Crippen LogP) is 3.14. The van der Waals surface area contributed by atoms with Crippen molar-refractivity contribution in [2.24, 2.45) is 0 Å². The Balaban J connectivity index is 2.94. The average molecular weight is 253 g/mol. The van der Waals surface area contributed by atoms with E-state index in [1.807, 2.05) is 6.92 Å². The Morgan fingerprint density at radius 1 is 1.44 bits per heavy atom. The van der Waals surface area contributed by atoms with E-state index in [0.717, 1.165) is 13.0 Å². The van der Waals surface area contributed by atoms with Gasteiger partial charge in [0.1, 0.15) is 5.82 Å². The highest BCUT2D eigenvalue weighted by Gasteiger charge is 2.14. The Morgan fingerprint density at radius 3 is 2.61 bits per heavy atom. The molecule has 4 heteroatoms. The highest BCUT2D eigenvalue weighted by molar-refractivity contribution is 5.87. The van der Waals surface area contributed by atoms with Crippen LogP contribution in [0.3, 0.4) is 0 Å². The molecule has 1 N–H and O–H groups in total. The molecule has 0 amide bonds. The third-order valence-corrected chi connectivity index (χ3v) is 3.29. The minimum absolute atomic E-state index is 0.131. The first-order valence-corrected chi connectivity index (χ1v) is 6.25. The number of hydrogen-bond acceptors (Lipinski definition) is 2. The van der Waals surface area contributed by atoms with Gasteiger partial charge >= 0.3 is 5.97 Å². The molecule has 0 radical (unpaired) electrons. The van der Waals surface area contributed by atoms with Crippen molar-refractivity contribution in [1.29, 1.82) is 0 Å². The van der Waals surface area contributed by atoms with Crippen LogP contribution in [0.2, 0.25) is 0 Å². The van der Waals surface area contributed by atoms with Gasteiger partial charge in [0.2, 0.25) is 0 Å². The van der Waals surface area contributed by atoms with Gasteiger partial charge in [-0.1, -0.05) is 13.8 Å².